The molecule has 0 aliphatic heterocycles. The fourth-order valence-corrected chi connectivity index (χ4v) is 4.52. The third-order valence-corrected chi connectivity index (χ3v) is 6.52. The number of carbonyl (C=O) groups is 1. The van der Waals surface area contributed by atoms with Crippen LogP contribution in [0.2, 0.25) is 5.02 Å². The Balaban J connectivity index is 1.51. The Morgan fingerprint density at radius 1 is 1.06 bits per heavy atom. The molecule has 34 heavy (non-hydrogen) atoms. The van der Waals surface area contributed by atoms with E-state index in [0.717, 1.165) is 23.2 Å². The molecule has 0 unspecified atom stereocenters. The zero-order chi connectivity index (χ0) is 23.9. The topological polar surface area (TPSA) is 72.7 Å². The summed E-state index contributed by atoms with van der Waals surface area (Å²) >= 11 is 7.30. The number of rotatable bonds is 9. The monoisotopic (exact) mass is 491 g/mol. The molecular formula is C26H26ClN5OS. The first kappa shape index (κ1) is 24.0. The van der Waals surface area contributed by atoms with Crippen LogP contribution < -0.4 is 5.32 Å². The quantitative estimate of drug-likeness (QED) is 0.310. The lowest BCUT2D eigenvalue weighted by Gasteiger charge is -2.16. The van der Waals surface area contributed by atoms with Gasteiger partial charge in [-0.1, -0.05) is 67.5 Å². The molecule has 8 heteroatoms. The Hall–Kier alpha value is -3.16. The first-order chi connectivity index (χ1) is 16.5. The molecule has 0 saturated heterocycles. The summed E-state index contributed by atoms with van der Waals surface area (Å²) in [5, 5.41) is 13.2. The normalized spacial score (nSPS) is 11.1. The molecule has 2 aromatic heterocycles. The number of halogens is 1. The van der Waals surface area contributed by atoms with E-state index in [1.807, 2.05) is 53.1 Å². The van der Waals surface area contributed by atoms with Crippen molar-refractivity contribution < 1.29 is 4.79 Å². The number of benzene rings is 2. The summed E-state index contributed by atoms with van der Waals surface area (Å²) < 4.78 is 2.03. The van der Waals surface area contributed by atoms with Gasteiger partial charge >= 0.3 is 0 Å². The van der Waals surface area contributed by atoms with Crippen molar-refractivity contribution >= 4 is 29.3 Å². The SMILES string of the molecule is CC(C)c1ccccc1-n1c(SCC(=O)NCCc2ccc(Cl)cc2)nnc1-c1cccnc1. The van der Waals surface area contributed by atoms with Gasteiger partial charge in [0.25, 0.3) is 0 Å². The van der Waals surface area contributed by atoms with Gasteiger partial charge in [-0.05, 0) is 53.8 Å². The van der Waals surface area contributed by atoms with Gasteiger partial charge in [-0.15, -0.1) is 10.2 Å². The lowest BCUT2D eigenvalue weighted by atomic mass is 10.0. The van der Waals surface area contributed by atoms with E-state index in [1.54, 1.807) is 12.4 Å². The minimum atomic E-state index is -0.0476. The minimum absolute atomic E-state index is 0.0476. The zero-order valence-electron chi connectivity index (χ0n) is 19.1. The molecule has 0 radical (unpaired) electrons. The molecule has 0 spiro atoms. The third kappa shape index (κ3) is 5.85. The molecular weight excluding hydrogens is 466 g/mol. The Morgan fingerprint density at radius 2 is 1.85 bits per heavy atom. The highest BCUT2D eigenvalue weighted by Gasteiger charge is 2.20. The smallest absolute Gasteiger partial charge is 0.230 e. The standard InChI is InChI=1S/C26H26ClN5OS/c1-18(2)22-7-3-4-8-23(22)32-25(20-6-5-14-28-16-20)30-31-26(32)34-17-24(33)29-15-13-19-9-11-21(27)12-10-19/h3-12,14,16,18H,13,15,17H2,1-2H3,(H,29,33). The number of thioether (sulfide) groups is 1. The predicted molar refractivity (Wildman–Crippen MR) is 138 cm³/mol. The van der Waals surface area contributed by atoms with Crippen LogP contribution in [0.3, 0.4) is 0 Å². The number of aromatic nitrogens is 4. The highest BCUT2D eigenvalue weighted by Crippen LogP contribution is 2.31. The van der Waals surface area contributed by atoms with Crippen LogP contribution in [0.15, 0.2) is 78.2 Å². The summed E-state index contributed by atoms with van der Waals surface area (Å²) in [4.78, 5) is 16.8. The number of carbonyl (C=O) groups excluding carboxylic acids is 1. The van der Waals surface area contributed by atoms with E-state index in [1.165, 1.54) is 17.3 Å². The molecule has 0 atom stereocenters. The van der Waals surface area contributed by atoms with Gasteiger partial charge in [-0.2, -0.15) is 0 Å². The van der Waals surface area contributed by atoms with Crippen molar-refractivity contribution in [3.05, 3.63) is 89.2 Å². The molecule has 1 N–H and O–H groups in total. The van der Waals surface area contributed by atoms with Crippen molar-refractivity contribution in [3.63, 3.8) is 0 Å². The second kappa shape index (κ2) is 11.3. The van der Waals surface area contributed by atoms with Crippen molar-refractivity contribution in [2.75, 3.05) is 12.3 Å². The van der Waals surface area contributed by atoms with Crippen LogP contribution >= 0.6 is 23.4 Å². The number of amides is 1. The number of pyridine rings is 1. The predicted octanol–water partition coefficient (Wildman–Crippen LogP) is 5.56. The van der Waals surface area contributed by atoms with E-state index in [2.05, 4.69) is 46.5 Å². The fraction of sp³-hybridized carbons (Fsp3) is 0.231. The molecule has 1 amide bonds. The van der Waals surface area contributed by atoms with E-state index >= 15 is 0 Å². The van der Waals surface area contributed by atoms with Crippen LogP contribution in [0, 0.1) is 0 Å². The summed E-state index contributed by atoms with van der Waals surface area (Å²) in [5.74, 6) is 1.21. The van der Waals surface area contributed by atoms with Crippen LogP contribution in [-0.2, 0) is 11.2 Å². The number of hydrogen-bond donors (Lipinski definition) is 1. The third-order valence-electron chi connectivity index (χ3n) is 5.33. The molecule has 0 saturated carbocycles. The van der Waals surface area contributed by atoms with Gasteiger partial charge in [-0.25, -0.2) is 0 Å². The second-order valence-corrected chi connectivity index (χ2v) is 9.49. The fourth-order valence-electron chi connectivity index (χ4n) is 3.62. The maximum absolute atomic E-state index is 12.5. The summed E-state index contributed by atoms with van der Waals surface area (Å²) in [5.41, 5.74) is 4.19. The van der Waals surface area contributed by atoms with Crippen molar-refractivity contribution in [2.24, 2.45) is 0 Å². The number of nitrogens with one attached hydrogen (secondary N) is 1. The first-order valence-electron chi connectivity index (χ1n) is 11.1. The van der Waals surface area contributed by atoms with Crippen LogP contribution in [0.25, 0.3) is 17.1 Å². The molecule has 0 fully saturated rings. The molecule has 0 bridgehead atoms. The summed E-state index contributed by atoms with van der Waals surface area (Å²) in [6.07, 6.45) is 4.25. The van der Waals surface area contributed by atoms with Crippen LogP contribution in [0.5, 0.6) is 0 Å². The maximum Gasteiger partial charge on any atom is 0.230 e. The minimum Gasteiger partial charge on any atom is -0.355 e. The van der Waals surface area contributed by atoms with Crippen molar-refractivity contribution in [3.8, 4) is 17.1 Å². The summed E-state index contributed by atoms with van der Waals surface area (Å²) in [6.45, 7) is 4.88. The van der Waals surface area contributed by atoms with Gasteiger partial charge in [0, 0.05) is 29.5 Å². The second-order valence-electron chi connectivity index (χ2n) is 8.11. The van der Waals surface area contributed by atoms with E-state index < -0.39 is 0 Å². The highest BCUT2D eigenvalue weighted by molar-refractivity contribution is 7.99. The Bertz CT molecular complexity index is 1240. The van der Waals surface area contributed by atoms with E-state index in [4.69, 9.17) is 11.6 Å². The Morgan fingerprint density at radius 3 is 2.59 bits per heavy atom. The average molecular weight is 492 g/mol. The number of para-hydroxylation sites is 1. The Kier molecular flexibility index (Phi) is 7.98. The first-order valence-corrected chi connectivity index (χ1v) is 12.5. The van der Waals surface area contributed by atoms with Crippen molar-refractivity contribution in [1.82, 2.24) is 25.1 Å². The highest BCUT2D eigenvalue weighted by atomic mass is 35.5. The van der Waals surface area contributed by atoms with Gasteiger partial charge in [0.15, 0.2) is 11.0 Å². The molecule has 2 aromatic carbocycles. The lowest BCUT2D eigenvalue weighted by Crippen LogP contribution is -2.27. The Labute approximate surface area is 208 Å². The maximum atomic E-state index is 12.5. The molecule has 174 valence electrons. The average Bonchev–Trinajstić information content (AvgIpc) is 3.28. The van der Waals surface area contributed by atoms with Gasteiger partial charge in [0.1, 0.15) is 0 Å². The zero-order valence-corrected chi connectivity index (χ0v) is 20.7. The van der Waals surface area contributed by atoms with Crippen LogP contribution in [-0.4, -0.2) is 38.0 Å². The van der Waals surface area contributed by atoms with E-state index in [-0.39, 0.29) is 11.7 Å². The molecule has 2 heterocycles. The van der Waals surface area contributed by atoms with Crippen LogP contribution in [0.1, 0.15) is 30.9 Å². The largest absolute Gasteiger partial charge is 0.355 e. The van der Waals surface area contributed by atoms with E-state index in [0.29, 0.717) is 28.5 Å². The van der Waals surface area contributed by atoms with Gasteiger partial charge in [-0.3, -0.25) is 14.3 Å². The summed E-state index contributed by atoms with van der Waals surface area (Å²) in [7, 11) is 0. The van der Waals surface area contributed by atoms with Gasteiger partial charge in [0.05, 0.1) is 11.4 Å². The number of hydrogen-bond acceptors (Lipinski definition) is 5. The number of nitrogens with zero attached hydrogens (tertiary/aromatic N) is 4. The van der Waals surface area contributed by atoms with Crippen LogP contribution in [0.4, 0.5) is 0 Å². The van der Waals surface area contributed by atoms with Gasteiger partial charge < -0.3 is 5.32 Å². The summed E-state index contributed by atoms with van der Waals surface area (Å²) in [6, 6.07) is 19.7. The molecule has 4 aromatic rings. The van der Waals surface area contributed by atoms with Gasteiger partial charge in [0.2, 0.25) is 5.91 Å². The lowest BCUT2D eigenvalue weighted by molar-refractivity contribution is -0.118. The molecule has 6 nitrogen and oxygen atoms in total. The van der Waals surface area contributed by atoms with Crippen molar-refractivity contribution in [2.45, 2.75) is 31.3 Å². The molecule has 0 aliphatic carbocycles. The van der Waals surface area contributed by atoms with E-state index in [9.17, 15) is 4.79 Å². The van der Waals surface area contributed by atoms with Crippen molar-refractivity contribution in [1.29, 1.82) is 0 Å². The molecule has 4 rings (SSSR count). The molecule has 0 aliphatic rings.